The van der Waals surface area contributed by atoms with Crippen LogP contribution >= 0.6 is 0 Å². The number of hydrogen-bond donors (Lipinski definition) is 1. The maximum atomic E-state index is 13.1. The fraction of sp³-hybridized carbons (Fsp3) is 0.130. The standard InChI is InChI=1S/C23H18FN3O4/c24-17-5-3-15(4-6-17)9-13-31-23(30)19-20(28)18-2-1-10-26-21(18)27(22(19)29)14-16-7-11-25-12-8-16/h1-8,10-12,28H,9,13-14H2. The van der Waals surface area contributed by atoms with Crippen molar-refractivity contribution in [2.45, 2.75) is 13.0 Å². The van der Waals surface area contributed by atoms with Crippen molar-refractivity contribution in [2.75, 3.05) is 6.61 Å². The normalized spacial score (nSPS) is 10.9. The fourth-order valence-corrected chi connectivity index (χ4v) is 3.25. The molecular formula is C23H18FN3O4. The molecule has 8 heteroatoms. The summed E-state index contributed by atoms with van der Waals surface area (Å²) in [4.78, 5) is 34.0. The second-order valence-electron chi connectivity index (χ2n) is 6.86. The number of nitrogens with zero attached hydrogens (tertiary/aromatic N) is 3. The predicted octanol–water partition coefficient (Wildman–Crippen LogP) is 3.08. The molecule has 1 N–H and O–H groups in total. The number of esters is 1. The van der Waals surface area contributed by atoms with Gasteiger partial charge >= 0.3 is 5.97 Å². The van der Waals surface area contributed by atoms with E-state index in [0.29, 0.717) is 6.42 Å². The first-order chi connectivity index (χ1) is 15.0. The van der Waals surface area contributed by atoms with Gasteiger partial charge in [0.15, 0.2) is 5.56 Å². The van der Waals surface area contributed by atoms with E-state index in [-0.39, 0.29) is 30.0 Å². The molecule has 1 aromatic carbocycles. The fourth-order valence-electron chi connectivity index (χ4n) is 3.25. The van der Waals surface area contributed by atoms with Crippen LogP contribution in [0.2, 0.25) is 0 Å². The van der Waals surface area contributed by atoms with Crippen molar-refractivity contribution in [3.63, 3.8) is 0 Å². The van der Waals surface area contributed by atoms with Gasteiger partial charge in [0.05, 0.1) is 18.5 Å². The Hall–Kier alpha value is -4.07. The summed E-state index contributed by atoms with van der Waals surface area (Å²) in [5.41, 5.74) is 0.659. The molecule has 0 saturated carbocycles. The number of aromatic hydroxyl groups is 1. The van der Waals surface area contributed by atoms with Crippen LogP contribution in [0.1, 0.15) is 21.5 Å². The molecule has 0 spiro atoms. The number of hydrogen-bond acceptors (Lipinski definition) is 6. The van der Waals surface area contributed by atoms with Crippen molar-refractivity contribution in [1.29, 1.82) is 0 Å². The predicted molar refractivity (Wildman–Crippen MR) is 111 cm³/mol. The molecule has 0 fully saturated rings. The van der Waals surface area contributed by atoms with Crippen LogP contribution in [0.5, 0.6) is 5.75 Å². The zero-order valence-corrected chi connectivity index (χ0v) is 16.4. The Bertz CT molecular complexity index is 1290. The topological polar surface area (TPSA) is 94.3 Å². The highest BCUT2D eigenvalue weighted by atomic mass is 19.1. The van der Waals surface area contributed by atoms with Gasteiger partial charge in [-0.05, 0) is 47.5 Å². The summed E-state index contributed by atoms with van der Waals surface area (Å²) in [5.74, 6) is -1.75. The number of benzene rings is 1. The molecule has 0 aliphatic carbocycles. The van der Waals surface area contributed by atoms with Crippen LogP contribution in [0.4, 0.5) is 4.39 Å². The lowest BCUT2D eigenvalue weighted by molar-refractivity contribution is 0.0503. The van der Waals surface area contributed by atoms with Crippen LogP contribution in [0, 0.1) is 5.82 Å². The van der Waals surface area contributed by atoms with E-state index in [1.165, 1.54) is 22.9 Å². The van der Waals surface area contributed by atoms with Crippen LogP contribution in [0.15, 0.2) is 71.9 Å². The third-order valence-electron chi connectivity index (χ3n) is 4.82. The first-order valence-corrected chi connectivity index (χ1v) is 9.55. The van der Waals surface area contributed by atoms with Crippen LogP contribution < -0.4 is 5.56 Å². The third kappa shape index (κ3) is 4.28. The number of fused-ring (bicyclic) bond motifs is 1. The number of rotatable bonds is 6. The number of halogens is 1. The molecule has 4 rings (SSSR count). The molecule has 0 radical (unpaired) electrons. The average Bonchev–Trinajstić information content (AvgIpc) is 2.79. The first-order valence-electron chi connectivity index (χ1n) is 9.55. The van der Waals surface area contributed by atoms with Gasteiger partial charge in [0.25, 0.3) is 5.56 Å². The first kappa shape index (κ1) is 20.2. The van der Waals surface area contributed by atoms with E-state index >= 15 is 0 Å². The minimum atomic E-state index is -0.932. The lowest BCUT2D eigenvalue weighted by Gasteiger charge is -2.14. The number of aromatic nitrogens is 3. The lowest BCUT2D eigenvalue weighted by atomic mass is 10.1. The van der Waals surface area contributed by atoms with Crippen LogP contribution in [0.3, 0.4) is 0 Å². The Balaban J connectivity index is 1.65. The van der Waals surface area contributed by atoms with E-state index in [9.17, 15) is 19.1 Å². The summed E-state index contributed by atoms with van der Waals surface area (Å²) < 4.78 is 19.6. The maximum absolute atomic E-state index is 13.1. The third-order valence-corrected chi connectivity index (χ3v) is 4.82. The van der Waals surface area contributed by atoms with E-state index < -0.39 is 22.8 Å². The summed E-state index contributed by atoms with van der Waals surface area (Å²) in [6, 6.07) is 12.5. The van der Waals surface area contributed by atoms with Gasteiger partial charge in [-0.15, -0.1) is 0 Å². The number of pyridine rings is 3. The van der Waals surface area contributed by atoms with E-state index in [1.807, 2.05) is 0 Å². The van der Waals surface area contributed by atoms with E-state index in [4.69, 9.17) is 4.74 Å². The van der Waals surface area contributed by atoms with Crippen LogP contribution in [-0.4, -0.2) is 32.2 Å². The van der Waals surface area contributed by atoms with Crippen LogP contribution in [-0.2, 0) is 17.7 Å². The smallest absolute Gasteiger partial charge is 0.347 e. The van der Waals surface area contributed by atoms with Crippen molar-refractivity contribution in [2.24, 2.45) is 0 Å². The second kappa shape index (κ2) is 8.74. The Labute approximate surface area is 176 Å². The molecule has 3 heterocycles. The molecule has 3 aromatic heterocycles. The Morgan fingerprint density at radius 1 is 1.03 bits per heavy atom. The molecule has 156 valence electrons. The Morgan fingerprint density at radius 3 is 2.52 bits per heavy atom. The summed E-state index contributed by atoms with van der Waals surface area (Å²) >= 11 is 0. The molecule has 0 unspecified atom stereocenters. The molecule has 0 saturated heterocycles. The van der Waals surface area contributed by atoms with Gasteiger partial charge in [0.1, 0.15) is 17.2 Å². The van der Waals surface area contributed by atoms with Crippen molar-refractivity contribution in [3.8, 4) is 5.75 Å². The molecule has 0 aliphatic heterocycles. The maximum Gasteiger partial charge on any atom is 0.347 e. The highest BCUT2D eigenvalue weighted by molar-refractivity contribution is 5.98. The summed E-state index contributed by atoms with van der Waals surface area (Å²) in [5, 5.41) is 10.9. The van der Waals surface area contributed by atoms with E-state index in [1.54, 1.807) is 48.8 Å². The Morgan fingerprint density at radius 2 is 1.77 bits per heavy atom. The molecule has 0 bridgehead atoms. The number of ether oxygens (including phenoxy) is 1. The van der Waals surface area contributed by atoms with Crippen molar-refractivity contribution < 1.29 is 19.0 Å². The molecule has 0 aliphatic rings. The zero-order chi connectivity index (χ0) is 21.8. The van der Waals surface area contributed by atoms with E-state index in [0.717, 1.165) is 11.1 Å². The monoisotopic (exact) mass is 419 g/mol. The highest BCUT2D eigenvalue weighted by Crippen LogP contribution is 2.26. The average molecular weight is 419 g/mol. The minimum absolute atomic E-state index is 0.0290. The number of carbonyl (C=O) groups is 1. The molecule has 0 atom stereocenters. The summed E-state index contributed by atoms with van der Waals surface area (Å²) in [6.45, 7) is 0.115. The zero-order valence-electron chi connectivity index (χ0n) is 16.4. The van der Waals surface area contributed by atoms with Crippen molar-refractivity contribution >= 4 is 17.0 Å². The van der Waals surface area contributed by atoms with Gasteiger partial charge in [-0.2, -0.15) is 0 Å². The minimum Gasteiger partial charge on any atom is -0.506 e. The molecular weight excluding hydrogens is 401 g/mol. The van der Waals surface area contributed by atoms with Gasteiger partial charge in [0.2, 0.25) is 0 Å². The van der Waals surface area contributed by atoms with Gasteiger partial charge < -0.3 is 9.84 Å². The molecule has 31 heavy (non-hydrogen) atoms. The van der Waals surface area contributed by atoms with Crippen molar-refractivity contribution in [1.82, 2.24) is 14.5 Å². The molecule has 0 amide bonds. The largest absolute Gasteiger partial charge is 0.506 e. The van der Waals surface area contributed by atoms with Gasteiger partial charge in [0, 0.05) is 25.0 Å². The summed E-state index contributed by atoms with van der Waals surface area (Å²) in [7, 11) is 0. The number of carbonyl (C=O) groups excluding carboxylic acids is 1. The molecule has 7 nitrogen and oxygen atoms in total. The van der Waals surface area contributed by atoms with E-state index in [2.05, 4.69) is 9.97 Å². The SMILES string of the molecule is O=C(OCCc1ccc(F)cc1)c1c(O)c2cccnc2n(Cc2ccncc2)c1=O. The molecule has 4 aromatic rings. The summed E-state index contributed by atoms with van der Waals surface area (Å²) in [6.07, 6.45) is 5.04. The van der Waals surface area contributed by atoms with Gasteiger partial charge in [-0.3, -0.25) is 14.3 Å². The Kier molecular flexibility index (Phi) is 5.70. The quantitative estimate of drug-likeness (QED) is 0.483. The van der Waals surface area contributed by atoms with Crippen molar-refractivity contribution in [3.05, 3.63) is 100.0 Å². The van der Waals surface area contributed by atoms with Gasteiger partial charge in [-0.1, -0.05) is 12.1 Å². The van der Waals surface area contributed by atoms with Gasteiger partial charge in [-0.25, -0.2) is 14.2 Å². The highest BCUT2D eigenvalue weighted by Gasteiger charge is 2.24. The lowest BCUT2D eigenvalue weighted by Crippen LogP contribution is -2.29. The second-order valence-corrected chi connectivity index (χ2v) is 6.86. The van der Waals surface area contributed by atoms with Crippen LogP contribution in [0.25, 0.3) is 11.0 Å².